The topological polar surface area (TPSA) is 55.8 Å². The zero-order valence-electron chi connectivity index (χ0n) is 11.0. The molecule has 112 valence electrons. The summed E-state index contributed by atoms with van der Waals surface area (Å²) in [4.78, 5) is 11.9. The van der Waals surface area contributed by atoms with Gasteiger partial charge in [-0.2, -0.15) is 13.2 Å². The van der Waals surface area contributed by atoms with Crippen molar-refractivity contribution in [1.82, 2.24) is 0 Å². The summed E-state index contributed by atoms with van der Waals surface area (Å²) in [5.41, 5.74) is -3.64. The van der Waals surface area contributed by atoms with Crippen LogP contribution >= 0.6 is 0 Å². The maximum Gasteiger partial charge on any atom is 0.417 e. The van der Waals surface area contributed by atoms with E-state index < -0.39 is 36.0 Å². The number of hydrogen-bond donors (Lipinski definition) is 1. The highest BCUT2D eigenvalue weighted by atomic mass is 19.4. The first-order chi connectivity index (χ1) is 8.71. The molecule has 1 fully saturated rings. The highest BCUT2D eigenvalue weighted by Gasteiger charge is 2.58. The molecule has 0 amide bonds. The van der Waals surface area contributed by atoms with E-state index in [4.69, 9.17) is 4.74 Å². The zero-order chi connectivity index (χ0) is 14.7. The van der Waals surface area contributed by atoms with Gasteiger partial charge in [0.05, 0.1) is 5.41 Å². The lowest BCUT2D eigenvalue weighted by Crippen LogP contribution is -2.51. The largest absolute Gasteiger partial charge is 0.438 e. The smallest absolute Gasteiger partial charge is 0.417 e. The second kappa shape index (κ2) is 5.66. The molecule has 0 aromatic rings. The van der Waals surface area contributed by atoms with Gasteiger partial charge in [-0.3, -0.25) is 4.79 Å². The Labute approximate surface area is 109 Å². The van der Waals surface area contributed by atoms with Crippen LogP contribution in [0.5, 0.6) is 0 Å². The van der Waals surface area contributed by atoms with Crippen LogP contribution in [-0.2, 0) is 14.3 Å². The first-order valence-corrected chi connectivity index (χ1v) is 6.16. The van der Waals surface area contributed by atoms with Gasteiger partial charge in [0.2, 0.25) is 0 Å². The Morgan fingerprint density at radius 1 is 1.26 bits per heavy atom. The van der Waals surface area contributed by atoms with E-state index in [2.05, 4.69) is 4.74 Å². The summed E-state index contributed by atoms with van der Waals surface area (Å²) in [6.45, 7) is 1.51. The molecule has 0 spiro atoms. The van der Waals surface area contributed by atoms with Gasteiger partial charge in [-0.25, -0.2) is 0 Å². The Bertz CT molecular complexity index is 319. The predicted molar refractivity (Wildman–Crippen MR) is 60.2 cm³/mol. The van der Waals surface area contributed by atoms with Gasteiger partial charge in [0.1, 0.15) is 0 Å². The molecule has 0 atom stereocenters. The van der Waals surface area contributed by atoms with E-state index in [1.807, 2.05) is 0 Å². The van der Waals surface area contributed by atoms with E-state index in [1.165, 1.54) is 7.11 Å². The standard InChI is InChI=1S/C12H19F3O4/c1-3-10(9(16)19-8-18-2)4-6-11(17,7-5-10)12(13,14)15/h17H,3-8H2,1-2H3. The molecule has 0 aromatic carbocycles. The van der Waals surface area contributed by atoms with E-state index in [-0.39, 0.29) is 19.6 Å². The summed E-state index contributed by atoms with van der Waals surface area (Å²) in [6, 6.07) is 0. The number of halogens is 3. The number of carbonyl (C=O) groups excluding carboxylic acids is 1. The van der Waals surface area contributed by atoms with Crippen LogP contribution in [0.1, 0.15) is 39.0 Å². The number of ether oxygens (including phenoxy) is 2. The number of alkyl halides is 3. The molecule has 1 N–H and O–H groups in total. The van der Waals surface area contributed by atoms with Gasteiger partial charge in [0, 0.05) is 7.11 Å². The van der Waals surface area contributed by atoms with Crippen molar-refractivity contribution in [1.29, 1.82) is 0 Å². The maximum absolute atomic E-state index is 12.7. The number of methoxy groups -OCH3 is 1. The van der Waals surface area contributed by atoms with Crippen molar-refractivity contribution in [3.63, 3.8) is 0 Å². The molecule has 7 heteroatoms. The Hall–Kier alpha value is -0.820. The molecule has 1 rings (SSSR count). The van der Waals surface area contributed by atoms with Gasteiger partial charge < -0.3 is 14.6 Å². The zero-order valence-corrected chi connectivity index (χ0v) is 11.0. The second-order valence-corrected chi connectivity index (χ2v) is 5.00. The van der Waals surface area contributed by atoms with Crippen LogP contribution in [0.25, 0.3) is 0 Å². The summed E-state index contributed by atoms with van der Waals surface area (Å²) < 4.78 is 47.6. The van der Waals surface area contributed by atoms with Crippen LogP contribution in [0.15, 0.2) is 0 Å². The Kier molecular flexibility index (Phi) is 4.84. The molecular formula is C12H19F3O4. The van der Waals surface area contributed by atoms with Crippen molar-refractivity contribution in [2.45, 2.75) is 50.8 Å². The molecule has 1 aliphatic carbocycles. The fraction of sp³-hybridized carbons (Fsp3) is 0.917. The van der Waals surface area contributed by atoms with Crippen LogP contribution < -0.4 is 0 Å². The third-order valence-electron chi connectivity index (χ3n) is 3.98. The van der Waals surface area contributed by atoms with Gasteiger partial charge in [-0.15, -0.1) is 0 Å². The number of aliphatic hydroxyl groups is 1. The van der Waals surface area contributed by atoms with Crippen LogP contribution in [0, 0.1) is 5.41 Å². The highest BCUT2D eigenvalue weighted by Crippen LogP contribution is 2.49. The molecule has 0 aromatic heterocycles. The molecule has 0 aliphatic heterocycles. The molecule has 0 saturated heterocycles. The average Bonchev–Trinajstić information content (AvgIpc) is 2.36. The average molecular weight is 284 g/mol. The van der Waals surface area contributed by atoms with E-state index in [9.17, 15) is 23.1 Å². The number of hydrogen-bond acceptors (Lipinski definition) is 4. The molecule has 0 bridgehead atoms. The Morgan fingerprint density at radius 2 is 1.79 bits per heavy atom. The molecule has 0 unspecified atom stereocenters. The molecule has 4 nitrogen and oxygen atoms in total. The van der Waals surface area contributed by atoms with Crippen molar-refractivity contribution < 1.29 is 32.5 Å². The molecule has 0 radical (unpaired) electrons. The SMILES string of the molecule is CCC1(C(=O)OCOC)CCC(O)(C(F)(F)F)CC1. The van der Waals surface area contributed by atoms with E-state index in [0.29, 0.717) is 6.42 Å². The lowest BCUT2D eigenvalue weighted by molar-refractivity contribution is -0.276. The second-order valence-electron chi connectivity index (χ2n) is 5.00. The van der Waals surface area contributed by atoms with E-state index in [0.717, 1.165) is 0 Å². The maximum atomic E-state index is 12.7. The van der Waals surface area contributed by atoms with Crippen molar-refractivity contribution >= 4 is 5.97 Å². The summed E-state index contributed by atoms with van der Waals surface area (Å²) in [5, 5.41) is 9.59. The fourth-order valence-electron chi connectivity index (χ4n) is 2.39. The minimum atomic E-state index is -4.66. The number of carbonyl (C=O) groups is 1. The lowest BCUT2D eigenvalue weighted by atomic mass is 9.67. The summed E-state index contributed by atoms with van der Waals surface area (Å²) in [7, 11) is 1.36. The number of esters is 1. The summed E-state index contributed by atoms with van der Waals surface area (Å²) in [5.74, 6) is -0.555. The first-order valence-electron chi connectivity index (χ1n) is 6.16. The van der Waals surface area contributed by atoms with Crippen LogP contribution in [0.2, 0.25) is 0 Å². The van der Waals surface area contributed by atoms with Crippen molar-refractivity contribution in [2.75, 3.05) is 13.9 Å². The fourth-order valence-corrected chi connectivity index (χ4v) is 2.39. The van der Waals surface area contributed by atoms with Crippen LogP contribution in [0.4, 0.5) is 13.2 Å². The monoisotopic (exact) mass is 284 g/mol. The molecule has 1 aliphatic rings. The quantitative estimate of drug-likeness (QED) is 0.636. The van der Waals surface area contributed by atoms with Gasteiger partial charge in [-0.05, 0) is 32.1 Å². The third kappa shape index (κ3) is 3.20. The summed E-state index contributed by atoms with van der Waals surface area (Å²) in [6.07, 6.45) is -5.32. The predicted octanol–water partition coefficient (Wildman–Crippen LogP) is 2.40. The number of rotatable bonds is 4. The minimum absolute atomic E-state index is 0.0396. The van der Waals surface area contributed by atoms with E-state index >= 15 is 0 Å². The van der Waals surface area contributed by atoms with Gasteiger partial charge in [0.15, 0.2) is 12.4 Å². The molecule has 1 saturated carbocycles. The van der Waals surface area contributed by atoms with E-state index in [1.54, 1.807) is 6.92 Å². The first kappa shape index (κ1) is 16.2. The van der Waals surface area contributed by atoms with Crippen molar-refractivity contribution in [2.24, 2.45) is 5.41 Å². The van der Waals surface area contributed by atoms with Crippen LogP contribution in [-0.4, -0.2) is 36.8 Å². The minimum Gasteiger partial charge on any atom is -0.438 e. The highest BCUT2D eigenvalue weighted by molar-refractivity contribution is 5.76. The van der Waals surface area contributed by atoms with Gasteiger partial charge in [-0.1, -0.05) is 6.92 Å². The van der Waals surface area contributed by atoms with Crippen LogP contribution in [0.3, 0.4) is 0 Å². The Balaban J connectivity index is 2.75. The Morgan fingerprint density at radius 3 is 2.16 bits per heavy atom. The molecule has 19 heavy (non-hydrogen) atoms. The molecule has 0 heterocycles. The van der Waals surface area contributed by atoms with Crippen molar-refractivity contribution in [3.8, 4) is 0 Å². The molecular weight excluding hydrogens is 265 g/mol. The third-order valence-corrected chi connectivity index (χ3v) is 3.98. The lowest BCUT2D eigenvalue weighted by Gasteiger charge is -2.42. The van der Waals surface area contributed by atoms with Crippen molar-refractivity contribution in [3.05, 3.63) is 0 Å². The van der Waals surface area contributed by atoms with Gasteiger partial charge >= 0.3 is 12.1 Å². The summed E-state index contributed by atoms with van der Waals surface area (Å²) >= 11 is 0. The normalized spacial score (nSPS) is 32.1. The van der Waals surface area contributed by atoms with Gasteiger partial charge in [0.25, 0.3) is 0 Å².